The van der Waals surface area contributed by atoms with Crippen LogP contribution in [-0.4, -0.2) is 11.1 Å². The molecule has 2 aromatic rings. The molecule has 130 valence electrons. The van der Waals surface area contributed by atoms with Crippen LogP contribution in [-0.2, 0) is 16.1 Å². The van der Waals surface area contributed by atoms with E-state index >= 15 is 0 Å². The molecular weight excluding hydrogens is 421 g/mol. The molecule has 24 heavy (non-hydrogen) atoms. The van der Waals surface area contributed by atoms with Gasteiger partial charge in [0, 0.05) is 11.5 Å². The van der Waals surface area contributed by atoms with E-state index in [9.17, 15) is 13.3 Å². The summed E-state index contributed by atoms with van der Waals surface area (Å²) < 4.78 is 41.0. The summed E-state index contributed by atoms with van der Waals surface area (Å²) in [7, 11) is -4.96. The highest BCUT2D eigenvalue weighted by Crippen LogP contribution is 2.50. The van der Waals surface area contributed by atoms with E-state index in [-0.39, 0.29) is 5.75 Å². The Balaban J connectivity index is 1.97. The molecule has 1 atom stereocenters. The topological polar surface area (TPSA) is 46.5 Å². The molecule has 1 N–H and O–H groups in total. The average Bonchev–Trinajstić information content (AvgIpc) is 2.51. The molecule has 0 fully saturated rings. The van der Waals surface area contributed by atoms with Crippen molar-refractivity contribution in [2.24, 2.45) is 0 Å². The molecule has 2 rings (SSSR count). The van der Waals surface area contributed by atoms with Crippen LogP contribution in [0.3, 0.4) is 0 Å². The van der Waals surface area contributed by atoms with Gasteiger partial charge in [0.25, 0.3) is 0 Å². The monoisotopic (exact) mass is 436 g/mol. The summed E-state index contributed by atoms with van der Waals surface area (Å²) in [5.41, 5.74) is 3.46. The molecule has 1 unspecified atom stereocenters. The minimum absolute atomic E-state index is 0.0752. The van der Waals surface area contributed by atoms with Gasteiger partial charge in [-0.1, -0.05) is 30.3 Å². The van der Waals surface area contributed by atoms with Gasteiger partial charge in [0.05, 0.1) is 4.47 Å². The van der Waals surface area contributed by atoms with Crippen molar-refractivity contribution in [2.75, 3.05) is 0 Å². The average molecular weight is 437 g/mol. The van der Waals surface area contributed by atoms with Gasteiger partial charge in [-0.05, 0) is 51.7 Å². The molecule has 0 spiro atoms. The molecule has 8 heteroatoms. The molecule has 0 radical (unpaired) electrons. The Labute approximate surface area is 152 Å². The van der Waals surface area contributed by atoms with Crippen LogP contribution < -0.4 is 4.52 Å². The number of aryl methyl sites for hydroxylation is 1. The van der Waals surface area contributed by atoms with Crippen molar-refractivity contribution >= 4 is 35.3 Å². The normalized spacial score (nSPS) is 13.8. The van der Waals surface area contributed by atoms with Gasteiger partial charge < -0.3 is 9.42 Å². The van der Waals surface area contributed by atoms with Crippen molar-refractivity contribution in [2.45, 2.75) is 24.6 Å². The van der Waals surface area contributed by atoms with E-state index in [4.69, 9.17) is 4.89 Å². The summed E-state index contributed by atoms with van der Waals surface area (Å²) in [4.78, 5) is 9.09. The third kappa shape index (κ3) is 5.31. The van der Waals surface area contributed by atoms with E-state index in [0.29, 0.717) is 4.47 Å². The largest absolute Gasteiger partial charge is 0.442 e. The molecule has 0 heterocycles. The summed E-state index contributed by atoms with van der Waals surface area (Å²) in [5, 5.41) is 0. The minimum atomic E-state index is -4.96. The molecule has 0 aromatic heterocycles. The minimum Gasteiger partial charge on any atom is -0.420 e. The van der Waals surface area contributed by atoms with Crippen molar-refractivity contribution in [3.63, 3.8) is 0 Å². The van der Waals surface area contributed by atoms with Crippen LogP contribution in [0.15, 0.2) is 46.9 Å². The first-order valence-electron chi connectivity index (χ1n) is 7.00. The van der Waals surface area contributed by atoms with Crippen LogP contribution >= 0.6 is 35.3 Å². The lowest BCUT2D eigenvalue weighted by Gasteiger charge is -2.14. The van der Waals surface area contributed by atoms with E-state index in [1.54, 1.807) is 23.9 Å². The van der Waals surface area contributed by atoms with E-state index < -0.39 is 13.8 Å². The molecule has 0 saturated carbocycles. The second-order valence-corrected chi connectivity index (χ2v) is 8.66. The van der Waals surface area contributed by atoms with Crippen molar-refractivity contribution in [1.29, 1.82) is 0 Å². The maximum Gasteiger partial charge on any atom is 0.442 e. The molecule has 0 aliphatic rings. The Hall–Kier alpha value is -0.880. The zero-order valence-electron chi connectivity index (χ0n) is 12.8. The maximum atomic E-state index is 12.4. The molecule has 2 aromatic carbocycles. The maximum absolute atomic E-state index is 12.4. The lowest BCUT2D eigenvalue weighted by molar-refractivity contribution is 0.188. The molecule has 0 bridgehead atoms. The first-order valence-corrected chi connectivity index (χ1v) is 10.6. The van der Waals surface area contributed by atoms with Crippen LogP contribution in [0.5, 0.6) is 5.75 Å². The predicted molar refractivity (Wildman–Crippen MR) is 96.8 cm³/mol. The lowest BCUT2D eigenvalue weighted by Crippen LogP contribution is -2.01. The smallest absolute Gasteiger partial charge is 0.420 e. The van der Waals surface area contributed by atoms with Crippen molar-refractivity contribution < 1.29 is 22.8 Å². The second-order valence-electron chi connectivity index (χ2n) is 5.12. The fourth-order valence-electron chi connectivity index (χ4n) is 1.94. The Bertz CT molecular complexity index is 758. The number of benzene rings is 2. The standard InChI is InChI=1S/C16H16BrF2O3PS/c1-11-4-2-3-5-13(11)10-24-9-12-6-7-15(14(17)8-12)22-23(20,21)16(18)19/h2-8,16H,9-10H2,1H3,(H,20,21). The fourth-order valence-corrected chi connectivity index (χ4v) is 4.15. The first-order chi connectivity index (χ1) is 11.3. The highest BCUT2D eigenvalue weighted by atomic mass is 79.9. The molecule has 3 nitrogen and oxygen atoms in total. The zero-order chi connectivity index (χ0) is 17.7. The van der Waals surface area contributed by atoms with Gasteiger partial charge in [0.15, 0.2) is 0 Å². The van der Waals surface area contributed by atoms with Crippen molar-refractivity contribution in [3.05, 3.63) is 63.6 Å². The number of alkyl halides is 2. The number of hydrogen-bond donors (Lipinski definition) is 1. The Morgan fingerprint density at radius 2 is 1.96 bits per heavy atom. The van der Waals surface area contributed by atoms with Crippen LogP contribution in [0, 0.1) is 6.92 Å². The van der Waals surface area contributed by atoms with Gasteiger partial charge >= 0.3 is 13.8 Å². The second kappa shape index (κ2) is 8.48. The Kier molecular flexibility index (Phi) is 6.87. The predicted octanol–water partition coefficient (Wildman–Crippen LogP) is 5.98. The van der Waals surface area contributed by atoms with Gasteiger partial charge in [-0.3, -0.25) is 0 Å². The highest BCUT2D eigenvalue weighted by Gasteiger charge is 2.34. The third-order valence-electron chi connectivity index (χ3n) is 3.26. The summed E-state index contributed by atoms with van der Waals surface area (Å²) in [6.07, 6.45) is -3.44. The number of hydrogen-bond acceptors (Lipinski definition) is 3. The summed E-state index contributed by atoms with van der Waals surface area (Å²) in [5.74, 6) is 1.51. The van der Waals surface area contributed by atoms with Gasteiger partial charge in [0.1, 0.15) is 5.75 Å². The highest BCUT2D eigenvalue weighted by molar-refractivity contribution is 9.10. The molecule has 0 saturated heterocycles. The van der Waals surface area contributed by atoms with Gasteiger partial charge in [-0.25, -0.2) is 4.57 Å². The van der Waals surface area contributed by atoms with Crippen LogP contribution in [0.4, 0.5) is 8.78 Å². The van der Waals surface area contributed by atoms with Crippen LogP contribution in [0.2, 0.25) is 0 Å². The van der Waals surface area contributed by atoms with E-state index in [1.807, 2.05) is 12.1 Å². The van der Waals surface area contributed by atoms with E-state index in [1.165, 1.54) is 17.2 Å². The van der Waals surface area contributed by atoms with Gasteiger partial charge in [0.2, 0.25) is 0 Å². The fraction of sp³-hybridized carbons (Fsp3) is 0.250. The summed E-state index contributed by atoms with van der Waals surface area (Å²) in [6.45, 7) is 2.06. The quantitative estimate of drug-likeness (QED) is 0.542. The summed E-state index contributed by atoms with van der Waals surface area (Å²) >= 11 is 4.91. The Morgan fingerprint density at radius 1 is 1.25 bits per heavy atom. The van der Waals surface area contributed by atoms with Crippen molar-refractivity contribution in [1.82, 2.24) is 0 Å². The van der Waals surface area contributed by atoms with E-state index in [2.05, 4.69) is 39.5 Å². The SMILES string of the molecule is Cc1ccccc1CSCc1ccc(OP(=O)(O)C(F)F)c(Br)c1. The number of thioether (sulfide) groups is 1. The molecule has 0 aliphatic carbocycles. The summed E-state index contributed by atoms with van der Waals surface area (Å²) in [6, 6.07) is 13.0. The first kappa shape index (κ1) is 19.4. The van der Waals surface area contributed by atoms with Gasteiger partial charge in [-0.15, -0.1) is 0 Å². The third-order valence-corrected chi connectivity index (χ3v) is 5.88. The van der Waals surface area contributed by atoms with Gasteiger partial charge in [-0.2, -0.15) is 20.5 Å². The number of halogens is 3. The Morgan fingerprint density at radius 3 is 2.58 bits per heavy atom. The van der Waals surface area contributed by atoms with Crippen molar-refractivity contribution in [3.8, 4) is 5.75 Å². The number of rotatable bonds is 7. The molecular formula is C16H16BrF2O3PS. The van der Waals surface area contributed by atoms with Crippen LogP contribution in [0.25, 0.3) is 0 Å². The van der Waals surface area contributed by atoms with Crippen LogP contribution in [0.1, 0.15) is 16.7 Å². The zero-order valence-corrected chi connectivity index (χ0v) is 16.1. The molecule has 0 amide bonds. The lowest BCUT2D eigenvalue weighted by atomic mass is 10.1. The van der Waals surface area contributed by atoms with E-state index in [0.717, 1.165) is 17.1 Å². The molecule has 0 aliphatic heterocycles.